The second kappa shape index (κ2) is 5.17. The van der Waals surface area contributed by atoms with Crippen LogP contribution in [0.1, 0.15) is 29.6 Å². The molecule has 0 radical (unpaired) electrons. The van der Waals surface area contributed by atoms with Crippen molar-refractivity contribution in [3.05, 3.63) is 23.8 Å². The molecule has 0 spiro atoms. The minimum Gasteiger partial charge on any atom is -0.508 e. The van der Waals surface area contributed by atoms with Crippen molar-refractivity contribution >= 4 is 11.9 Å². The summed E-state index contributed by atoms with van der Waals surface area (Å²) in [5, 5.41) is 30.2. The number of phenols is 2. The van der Waals surface area contributed by atoms with E-state index in [0.717, 1.165) is 6.07 Å². The molecular formula is C13H15NO5. The van der Waals surface area contributed by atoms with E-state index in [4.69, 9.17) is 5.11 Å². The Kier molecular flexibility index (Phi) is 3.59. The highest BCUT2D eigenvalue weighted by atomic mass is 16.4. The summed E-state index contributed by atoms with van der Waals surface area (Å²) < 4.78 is 0. The van der Waals surface area contributed by atoms with Crippen LogP contribution in [0.25, 0.3) is 0 Å². The lowest BCUT2D eigenvalue weighted by Gasteiger charge is -2.12. The van der Waals surface area contributed by atoms with Gasteiger partial charge in [0.2, 0.25) is 0 Å². The highest BCUT2D eigenvalue weighted by Crippen LogP contribution is 2.26. The summed E-state index contributed by atoms with van der Waals surface area (Å²) in [6.07, 6.45) is 1.57. The SMILES string of the molecule is O=C(N[C@H]1CC[C@@H](C(=O)O)C1)c1cc(O)cc(O)c1. The summed E-state index contributed by atoms with van der Waals surface area (Å²) >= 11 is 0. The van der Waals surface area contributed by atoms with E-state index in [0.29, 0.717) is 19.3 Å². The Hall–Kier alpha value is -2.24. The normalized spacial score (nSPS) is 22.1. The first-order valence-corrected chi connectivity index (χ1v) is 6.02. The largest absolute Gasteiger partial charge is 0.508 e. The van der Waals surface area contributed by atoms with Gasteiger partial charge in [-0.1, -0.05) is 0 Å². The van der Waals surface area contributed by atoms with Crippen molar-refractivity contribution in [3.63, 3.8) is 0 Å². The fraction of sp³-hybridized carbons (Fsp3) is 0.385. The fourth-order valence-electron chi connectivity index (χ4n) is 2.33. The van der Waals surface area contributed by atoms with Gasteiger partial charge in [0, 0.05) is 17.7 Å². The fourth-order valence-corrected chi connectivity index (χ4v) is 2.33. The van der Waals surface area contributed by atoms with Crippen molar-refractivity contribution in [2.45, 2.75) is 25.3 Å². The van der Waals surface area contributed by atoms with Gasteiger partial charge in [-0.05, 0) is 31.4 Å². The number of phenolic OH excluding ortho intramolecular Hbond substituents is 2. The van der Waals surface area contributed by atoms with Gasteiger partial charge >= 0.3 is 5.97 Å². The molecule has 0 saturated heterocycles. The quantitative estimate of drug-likeness (QED) is 0.654. The molecule has 6 heteroatoms. The molecule has 0 aliphatic heterocycles. The van der Waals surface area contributed by atoms with Gasteiger partial charge in [-0.3, -0.25) is 9.59 Å². The summed E-state index contributed by atoms with van der Waals surface area (Å²) in [6, 6.07) is 3.45. The molecular weight excluding hydrogens is 250 g/mol. The van der Waals surface area contributed by atoms with E-state index >= 15 is 0 Å². The van der Waals surface area contributed by atoms with Crippen LogP contribution in [0, 0.1) is 5.92 Å². The number of amides is 1. The minimum atomic E-state index is -0.841. The van der Waals surface area contributed by atoms with Crippen LogP contribution in [0.2, 0.25) is 0 Å². The molecule has 1 aliphatic rings. The number of rotatable bonds is 3. The molecule has 2 atom stereocenters. The third-order valence-corrected chi connectivity index (χ3v) is 3.28. The Bertz CT molecular complexity index is 494. The zero-order valence-electron chi connectivity index (χ0n) is 10.2. The molecule has 0 aromatic heterocycles. The van der Waals surface area contributed by atoms with Crippen LogP contribution in [0.5, 0.6) is 11.5 Å². The summed E-state index contributed by atoms with van der Waals surface area (Å²) in [6.45, 7) is 0. The Morgan fingerprint density at radius 2 is 1.74 bits per heavy atom. The van der Waals surface area contributed by atoms with E-state index < -0.39 is 17.8 Å². The first-order valence-electron chi connectivity index (χ1n) is 6.02. The average molecular weight is 265 g/mol. The number of hydrogen-bond acceptors (Lipinski definition) is 4. The number of benzene rings is 1. The monoisotopic (exact) mass is 265 g/mol. The van der Waals surface area contributed by atoms with Crippen LogP contribution in [0.3, 0.4) is 0 Å². The van der Waals surface area contributed by atoms with Crippen molar-refractivity contribution < 1.29 is 24.9 Å². The van der Waals surface area contributed by atoms with Gasteiger partial charge in [-0.2, -0.15) is 0 Å². The Morgan fingerprint density at radius 3 is 2.26 bits per heavy atom. The van der Waals surface area contributed by atoms with Gasteiger partial charge in [-0.25, -0.2) is 0 Å². The van der Waals surface area contributed by atoms with Crippen LogP contribution in [-0.4, -0.2) is 33.2 Å². The highest BCUT2D eigenvalue weighted by molar-refractivity contribution is 5.95. The van der Waals surface area contributed by atoms with Crippen LogP contribution in [-0.2, 0) is 4.79 Å². The maximum atomic E-state index is 11.9. The topological polar surface area (TPSA) is 107 Å². The lowest BCUT2D eigenvalue weighted by Crippen LogP contribution is -2.33. The van der Waals surface area contributed by atoms with Crippen LogP contribution < -0.4 is 5.32 Å². The molecule has 0 bridgehead atoms. The molecule has 102 valence electrons. The molecule has 2 rings (SSSR count). The van der Waals surface area contributed by atoms with E-state index in [1.165, 1.54) is 12.1 Å². The van der Waals surface area contributed by atoms with Gasteiger partial charge < -0.3 is 20.6 Å². The van der Waals surface area contributed by atoms with Gasteiger partial charge in [0.05, 0.1) is 5.92 Å². The van der Waals surface area contributed by atoms with Gasteiger partial charge in [0.15, 0.2) is 0 Å². The van der Waals surface area contributed by atoms with Crippen molar-refractivity contribution in [1.82, 2.24) is 5.32 Å². The molecule has 1 aromatic carbocycles. The van der Waals surface area contributed by atoms with Gasteiger partial charge in [-0.15, -0.1) is 0 Å². The molecule has 1 fully saturated rings. The molecule has 19 heavy (non-hydrogen) atoms. The molecule has 1 aromatic rings. The first-order chi connectivity index (χ1) is 8.95. The van der Waals surface area contributed by atoms with Gasteiger partial charge in [0.1, 0.15) is 11.5 Å². The zero-order chi connectivity index (χ0) is 14.0. The third kappa shape index (κ3) is 3.15. The number of aliphatic carboxylic acids is 1. The minimum absolute atomic E-state index is 0.149. The summed E-state index contributed by atoms with van der Waals surface area (Å²) in [7, 11) is 0. The number of hydrogen-bond donors (Lipinski definition) is 4. The Balaban J connectivity index is 2.00. The predicted molar refractivity (Wildman–Crippen MR) is 66.0 cm³/mol. The van der Waals surface area contributed by atoms with Crippen molar-refractivity contribution in [3.8, 4) is 11.5 Å². The molecule has 1 saturated carbocycles. The smallest absolute Gasteiger partial charge is 0.306 e. The third-order valence-electron chi connectivity index (χ3n) is 3.28. The van der Waals surface area contributed by atoms with E-state index in [2.05, 4.69) is 5.32 Å². The van der Waals surface area contributed by atoms with Crippen molar-refractivity contribution in [2.75, 3.05) is 0 Å². The van der Waals surface area contributed by atoms with Crippen molar-refractivity contribution in [2.24, 2.45) is 5.92 Å². The number of aromatic hydroxyl groups is 2. The Labute approximate surface area is 109 Å². The number of carbonyl (C=O) groups is 2. The van der Waals surface area contributed by atoms with E-state index in [9.17, 15) is 19.8 Å². The van der Waals surface area contributed by atoms with E-state index in [1.54, 1.807) is 0 Å². The van der Waals surface area contributed by atoms with Crippen LogP contribution in [0.4, 0.5) is 0 Å². The number of carboxylic acids is 1. The van der Waals surface area contributed by atoms with Gasteiger partial charge in [0.25, 0.3) is 5.91 Å². The number of carbonyl (C=O) groups excluding carboxylic acids is 1. The number of carboxylic acid groups (broad SMARTS) is 1. The summed E-state index contributed by atoms with van der Waals surface area (Å²) in [5.41, 5.74) is 0.149. The summed E-state index contributed by atoms with van der Waals surface area (Å²) in [4.78, 5) is 22.7. The molecule has 0 heterocycles. The lowest BCUT2D eigenvalue weighted by atomic mass is 10.1. The molecule has 6 nitrogen and oxygen atoms in total. The van der Waals surface area contributed by atoms with E-state index in [-0.39, 0.29) is 23.1 Å². The molecule has 0 unspecified atom stereocenters. The first kappa shape index (κ1) is 13.2. The molecule has 1 amide bonds. The van der Waals surface area contributed by atoms with Crippen LogP contribution in [0.15, 0.2) is 18.2 Å². The highest BCUT2D eigenvalue weighted by Gasteiger charge is 2.30. The molecule has 1 aliphatic carbocycles. The number of nitrogens with one attached hydrogen (secondary N) is 1. The van der Waals surface area contributed by atoms with Crippen molar-refractivity contribution in [1.29, 1.82) is 0 Å². The molecule has 4 N–H and O–H groups in total. The maximum absolute atomic E-state index is 11.9. The second-order valence-corrected chi connectivity index (χ2v) is 4.76. The zero-order valence-corrected chi connectivity index (χ0v) is 10.2. The summed E-state index contributed by atoms with van der Waals surface area (Å²) in [5.74, 6) is -2.07. The maximum Gasteiger partial charge on any atom is 0.306 e. The standard InChI is InChI=1S/C13H15NO5/c15-10-4-8(5-11(16)6-10)12(17)14-9-2-1-7(3-9)13(18)19/h4-7,9,15-16H,1-3H2,(H,14,17)(H,18,19)/t7-,9+/m1/s1. The average Bonchev–Trinajstić information content (AvgIpc) is 2.76. The second-order valence-electron chi connectivity index (χ2n) is 4.76. The Morgan fingerprint density at radius 1 is 1.11 bits per heavy atom. The van der Waals surface area contributed by atoms with E-state index in [1.807, 2.05) is 0 Å². The predicted octanol–water partition coefficient (Wildman–Crippen LogP) is 1.08. The van der Waals surface area contributed by atoms with Crippen LogP contribution >= 0.6 is 0 Å². The lowest BCUT2D eigenvalue weighted by molar-refractivity contribution is -0.141.